The quantitative estimate of drug-likeness (QED) is 0.630. The fourth-order valence-electron chi connectivity index (χ4n) is 1.47. The first kappa shape index (κ1) is 12.4. The van der Waals surface area contributed by atoms with E-state index in [-0.39, 0.29) is 18.0 Å². The van der Waals surface area contributed by atoms with Crippen molar-refractivity contribution in [2.75, 3.05) is 6.54 Å². The van der Waals surface area contributed by atoms with Crippen molar-refractivity contribution in [3.05, 3.63) is 33.9 Å². The Balaban J connectivity index is 2.26. The van der Waals surface area contributed by atoms with Crippen LogP contribution in [0.3, 0.4) is 0 Å². The second kappa shape index (κ2) is 4.65. The lowest BCUT2D eigenvalue weighted by atomic mass is 10.2. The maximum atomic E-state index is 10.8. The Kier molecular flexibility index (Phi) is 3.19. The summed E-state index contributed by atoms with van der Waals surface area (Å²) in [6, 6.07) is 3.63. The van der Waals surface area contributed by atoms with Crippen molar-refractivity contribution >= 4 is 28.5 Å². The number of nitro benzene ring substituents is 1. The number of phenols is 1. The number of rotatable bonds is 3. The van der Waals surface area contributed by atoms with Crippen LogP contribution in [-0.4, -0.2) is 37.9 Å². The molecule has 1 aromatic rings. The molecule has 7 nitrogen and oxygen atoms in total. The number of carboxylic acid groups (broad SMARTS) is 1. The zero-order valence-electron chi connectivity index (χ0n) is 8.94. The van der Waals surface area contributed by atoms with Gasteiger partial charge in [0.2, 0.25) is 0 Å². The summed E-state index contributed by atoms with van der Waals surface area (Å²) in [5, 5.41) is 28.7. The number of nitro groups is 1. The summed E-state index contributed by atoms with van der Waals surface area (Å²) in [6.45, 7) is 0.131. The van der Waals surface area contributed by atoms with Gasteiger partial charge in [-0.05, 0) is 6.07 Å². The lowest BCUT2D eigenvalue weighted by molar-refractivity contribution is -0.384. The van der Waals surface area contributed by atoms with Crippen LogP contribution in [0.4, 0.5) is 5.69 Å². The minimum Gasteiger partial charge on any atom is -0.507 e. The largest absolute Gasteiger partial charge is 0.507 e. The normalized spacial score (nSPS) is 18.4. The van der Waals surface area contributed by atoms with Gasteiger partial charge in [0.25, 0.3) is 5.69 Å². The maximum absolute atomic E-state index is 10.8. The number of benzene rings is 1. The van der Waals surface area contributed by atoms with Gasteiger partial charge in [0.05, 0.1) is 17.5 Å². The van der Waals surface area contributed by atoms with E-state index < -0.39 is 16.1 Å². The Morgan fingerprint density at radius 3 is 2.78 bits per heavy atom. The van der Waals surface area contributed by atoms with Gasteiger partial charge < -0.3 is 10.2 Å². The molecule has 8 heteroatoms. The van der Waals surface area contributed by atoms with Crippen LogP contribution in [0.1, 0.15) is 5.56 Å². The van der Waals surface area contributed by atoms with E-state index in [1.807, 2.05) is 0 Å². The monoisotopic (exact) mass is 268 g/mol. The third-order valence-electron chi connectivity index (χ3n) is 2.35. The molecule has 0 bridgehead atoms. The summed E-state index contributed by atoms with van der Waals surface area (Å²) < 4.78 is 0. The molecule has 2 rings (SSSR count). The molecule has 0 saturated carbocycles. The molecule has 94 valence electrons. The van der Waals surface area contributed by atoms with E-state index in [2.05, 4.69) is 4.99 Å². The van der Waals surface area contributed by atoms with Gasteiger partial charge in [-0.2, -0.15) is 0 Å². The van der Waals surface area contributed by atoms with E-state index >= 15 is 0 Å². The van der Waals surface area contributed by atoms with E-state index in [9.17, 15) is 20.0 Å². The number of nitrogens with zero attached hydrogens (tertiary/aromatic N) is 2. The molecule has 1 unspecified atom stereocenters. The minimum absolute atomic E-state index is 0.131. The van der Waals surface area contributed by atoms with Crippen LogP contribution < -0.4 is 0 Å². The molecular weight excluding hydrogens is 260 g/mol. The van der Waals surface area contributed by atoms with Gasteiger partial charge in [-0.15, -0.1) is 0 Å². The zero-order valence-corrected chi connectivity index (χ0v) is 9.75. The Morgan fingerprint density at radius 1 is 1.56 bits per heavy atom. The van der Waals surface area contributed by atoms with Gasteiger partial charge in [-0.25, -0.2) is 0 Å². The first-order chi connectivity index (χ1) is 8.49. The lowest BCUT2D eigenvalue weighted by Crippen LogP contribution is -2.16. The highest BCUT2D eigenvalue weighted by Crippen LogP contribution is 2.32. The second-order valence-electron chi connectivity index (χ2n) is 3.55. The number of hydrogen-bond donors (Lipinski definition) is 2. The SMILES string of the molecule is O=C(O)C1CN=C(c2ccc([N+](=O)[O-])cc2O)S1. The molecule has 1 heterocycles. The third-order valence-corrected chi connectivity index (χ3v) is 3.56. The predicted molar refractivity (Wildman–Crippen MR) is 65.2 cm³/mol. The Morgan fingerprint density at radius 2 is 2.28 bits per heavy atom. The first-order valence-electron chi connectivity index (χ1n) is 4.90. The Labute approximate surface area is 105 Å². The molecule has 0 saturated heterocycles. The van der Waals surface area contributed by atoms with Crippen molar-refractivity contribution in [1.29, 1.82) is 0 Å². The molecule has 0 fully saturated rings. The second-order valence-corrected chi connectivity index (χ2v) is 4.74. The molecule has 0 spiro atoms. The number of carboxylic acids is 1. The maximum Gasteiger partial charge on any atom is 0.318 e. The number of phenolic OH excluding ortho intramolecular Hbond substituents is 1. The van der Waals surface area contributed by atoms with Crippen LogP contribution in [0.2, 0.25) is 0 Å². The van der Waals surface area contributed by atoms with Crippen molar-refractivity contribution in [2.24, 2.45) is 4.99 Å². The molecule has 1 aliphatic rings. The molecule has 0 radical (unpaired) electrons. The van der Waals surface area contributed by atoms with Crippen LogP contribution in [0.25, 0.3) is 0 Å². The van der Waals surface area contributed by atoms with E-state index in [1.165, 1.54) is 12.1 Å². The van der Waals surface area contributed by atoms with Crippen molar-refractivity contribution in [2.45, 2.75) is 5.25 Å². The van der Waals surface area contributed by atoms with Crippen molar-refractivity contribution < 1.29 is 19.9 Å². The highest BCUT2D eigenvalue weighted by Gasteiger charge is 2.28. The highest BCUT2D eigenvalue weighted by molar-refractivity contribution is 8.15. The summed E-state index contributed by atoms with van der Waals surface area (Å²) in [7, 11) is 0. The topological polar surface area (TPSA) is 113 Å². The van der Waals surface area contributed by atoms with Crippen LogP contribution in [0.15, 0.2) is 23.2 Å². The Hall–Kier alpha value is -2.09. The summed E-state index contributed by atoms with van der Waals surface area (Å²) in [5.41, 5.74) is 0.0870. The Bertz CT molecular complexity index is 557. The summed E-state index contributed by atoms with van der Waals surface area (Å²) >= 11 is 1.02. The summed E-state index contributed by atoms with van der Waals surface area (Å²) in [4.78, 5) is 24.7. The van der Waals surface area contributed by atoms with Gasteiger partial charge in [0.15, 0.2) is 0 Å². The third kappa shape index (κ3) is 2.28. The standard InChI is InChI=1S/C10H8N2O5S/c13-7-3-5(12(16)17)1-2-6(7)9-11-4-8(18-9)10(14)15/h1-3,8,13H,4H2,(H,14,15). The van der Waals surface area contributed by atoms with Gasteiger partial charge in [0.1, 0.15) is 16.0 Å². The number of aliphatic carboxylic acids is 1. The number of aromatic hydroxyl groups is 1. The van der Waals surface area contributed by atoms with Gasteiger partial charge >= 0.3 is 5.97 Å². The zero-order chi connectivity index (χ0) is 13.3. The van der Waals surface area contributed by atoms with E-state index in [1.54, 1.807) is 0 Å². The fraction of sp³-hybridized carbons (Fsp3) is 0.200. The number of carbonyl (C=O) groups is 1. The molecular formula is C10H8N2O5S. The number of hydrogen-bond acceptors (Lipinski definition) is 6. The smallest absolute Gasteiger partial charge is 0.318 e. The van der Waals surface area contributed by atoms with E-state index in [0.29, 0.717) is 10.6 Å². The number of non-ortho nitro benzene ring substituents is 1. The van der Waals surface area contributed by atoms with Crippen molar-refractivity contribution in [3.8, 4) is 5.75 Å². The predicted octanol–water partition coefficient (Wildman–Crippen LogP) is 1.25. The van der Waals surface area contributed by atoms with Gasteiger partial charge in [0, 0.05) is 11.6 Å². The first-order valence-corrected chi connectivity index (χ1v) is 5.78. The summed E-state index contributed by atoms with van der Waals surface area (Å²) in [5.74, 6) is -1.25. The van der Waals surface area contributed by atoms with Gasteiger partial charge in [-0.3, -0.25) is 19.9 Å². The molecule has 18 heavy (non-hydrogen) atoms. The molecule has 0 aliphatic carbocycles. The molecule has 1 atom stereocenters. The van der Waals surface area contributed by atoms with Crippen LogP contribution in [0, 0.1) is 10.1 Å². The van der Waals surface area contributed by atoms with Crippen LogP contribution in [-0.2, 0) is 4.79 Å². The lowest BCUT2D eigenvalue weighted by Gasteiger charge is -2.04. The van der Waals surface area contributed by atoms with Crippen LogP contribution in [0.5, 0.6) is 5.75 Å². The highest BCUT2D eigenvalue weighted by atomic mass is 32.2. The summed E-state index contributed by atoms with van der Waals surface area (Å²) in [6.07, 6.45) is 0. The van der Waals surface area contributed by atoms with E-state index in [4.69, 9.17) is 5.11 Å². The number of thioether (sulfide) groups is 1. The van der Waals surface area contributed by atoms with E-state index in [0.717, 1.165) is 17.8 Å². The average molecular weight is 268 g/mol. The van der Waals surface area contributed by atoms with Crippen LogP contribution >= 0.6 is 11.8 Å². The van der Waals surface area contributed by atoms with Crippen molar-refractivity contribution in [1.82, 2.24) is 0 Å². The average Bonchev–Trinajstić information content (AvgIpc) is 2.78. The van der Waals surface area contributed by atoms with Crippen molar-refractivity contribution in [3.63, 3.8) is 0 Å². The minimum atomic E-state index is -0.972. The molecule has 0 aromatic heterocycles. The molecule has 0 amide bonds. The fourth-order valence-corrected chi connectivity index (χ4v) is 2.43. The number of aliphatic imine (C=N–C) groups is 1. The van der Waals surface area contributed by atoms with Gasteiger partial charge in [-0.1, -0.05) is 11.8 Å². The molecule has 1 aliphatic heterocycles. The molecule has 2 N–H and O–H groups in total. The molecule has 1 aromatic carbocycles.